The maximum absolute atomic E-state index is 8.80. The van der Waals surface area contributed by atoms with E-state index in [9.17, 15) is 0 Å². The fourth-order valence-electron chi connectivity index (χ4n) is 1.01. The van der Waals surface area contributed by atoms with Crippen LogP contribution >= 0.6 is 11.6 Å². The molecule has 1 N–H and O–H groups in total. The molecule has 0 saturated carbocycles. The molecule has 15 heavy (non-hydrogen) atoms. The number of hydrogen-bond acceptors (Lipinski definition) is 3. The topological polar surface area (TPSA) is 48.7 Å². The van der Waals surface area contributed by atoms with E-state index in [4.69, 9.17) is 16.9 Å². The highest BCUT2D eigenvalue weighted by molar-refractivity contribution is 6.34. The van der Waals surface area contributed by atoms with Crippen LogP contribution in [0.25, 0.3) is 0 Å². The van der Waals surface area contributed by atoms with Crippen LogP contribution in [0.5, 0.6) is 0 Å². The van der Waals surface area contributed by atoms with Crippen molar-refractivity contribution < 1.29 is 0 Å². The van der Waals surface area contributed by atoms with Crippen LogP contribution in [-0.2, 0) is 0 Å². The van der Waals surface area contributed by atoms with Crippen molar-refractivity contribution >= 4 is 17.4 Å². The van der Waals surface area contributed by atoms with Gasteiger partial charge in [-0.25, -0.2) is 4.98 Å². The van der Waals surface area contributed by atoms with Crippen LogP contribution < -0.4 is 5.32 Å². The fraction of sp³-hybridized carbons (Fsp3) is 0.455. The van der Waals surface area contributed by atoms with Crippen molar-refractivity contribution in [1.29, 1.82) is 5.26 Å². The molecule has 1 heterocycles. The number of halogens is 1. The molecule has 80 valence electrons. The Bertz CT molecular complexity index is 382. The second kappa shape index (κ2) is 4.99. The van der Waals surface area contributed by atoms with Gasteiger partial charge in [0.1, 0.15) is 16.9 Å². The van der Waals surface area contributed by atoms with E-state index in [0.717, 1.165) is 0 Å². The average molecular weight is 224 g/mol. The third kappa shape index (κ3) is 2.84. The monoisotopic (exact) mass is 223 g/mol. The van der Waals surface area contributed by atoms with Crippen LogP contribution in [0.3, 0.4) is 0 Å². The number of rotatable bonds is 3. The minimum Gasteiger partial charge on any atom is -0.366 e. The first-order chi connectivity index (χ1) is 7.06. The van der Waals surface area contributed by atoms with Gasteiger partial charge in [-0.2, -0.15) is 5.26 Å². The molecule has 0 fully saturated rings. The molecule has 4 heteroatoms. The highest BCUT2D eigenvalue weighted by Crippen LogP contribution is 2.24. The lowest BCUT2D eigenvalue weighted by atomic mass is 10.1. The van der Waals surface area contributed by atoms with Crippen molar-refractivity contribution in [2.75, 3.05) is 5.32 Å². The summed E-state index contributed by atoms with van der Waals surface area (Å²) in [4.78, 5) is 4.12. The maximum atomic E-state index is 8.80. The summed E-state index contributed by atoms with van der Waals surface area (Å²) in [6.45, 7) is 6.28. The zero-order valence-corrected chi connectivity index (χ0v) is 9.84. The Hall–Kier alpha value is -1.27. The molecular formula is C11H14ClN3. The van der Waals surface area contributed by atoms with Crippen LogP contribution in [0, 0.1) is 17.2 Å². The SMILES string of the molecule is CC(C)C(C)Nc1nccc(C#N)c1Cl. The summed E-state index contributed by atoms with van der Waals surface area (Å²) in [7, 11) is 0. The fourth-order valence-corrected chi connectivity index (χ4v) is 1.22. The van der Waals surface area contributed by atoms with Gasteiger partial charge in [0.05, 0.1) is 5.56 Å². The number of aromatic nitrogens is 1. The first-order valence-electron chi connectivity index (χ1n) is 4.87. The molecule has 1 rings (SSSR count). The van der Waals surface area contributed by atoms with E-state index in [1.807, 2.05) is 6.07 Å². The Kier molecular flexibility index (Phi) is 3.93. The summed E-state index contributed by atoms with van der Waals surface area (Å²) in [5.41, 5.74) is 0.449. The number of pyridine rings is 1. The second-order valence-corrected chi connectivity index (χ2v) is 4.19. The molecule has 1 aromatic heterocycles. The maximum Gasteiger partial charge on any atom is 0.146 e. The highest BCUT2D eigenvalue weighted by Gasteiger charge is 2.11. The molecular weight excluding hydrogens is 210 g/mol. The largest absolute Gasteiger partial charge is 0.366 e. The lowest BCUT2D eigenvalue weighted by molar-refractivity contribution is 0.558. The summed E-state index contributed by atoms with van der Waals surface area (Å²) in [6.07, 6.45) is 1.58. The Morgan fingerprint density at radius 3 is 2.67 bits per heavy atom. The molecule has 1 atom stereocenters. The zero-order chi connectivity index (χ0) is 11.4. The minimum atomic E-state index is 0.268. The zero-order valence-electron chi connectivity index (χ0n) is 9.08. The first kappa shape index (κ1) is 11.8. The Morgan fingerprint density at radius 2 is 2.13 bits per heavy atom. The highest BCUT2D eigenvalue weighted by atomic mass is 35.5. The average Bonchev–Trinajstić information content (AvgIpc) is 2.21. The van der Waals surface area contributed by atoms with Gasteiger partial charge in [0.15, 0.2) is 0 Å². The van der Waals surface area contributed by atoms with E-state index in [1.165, 1.54) is 0 Å². The van der Waals surface area contributed by atoms with Crippen molar-refractivity contribution in [3.63, 3.8) is 0 Å². The lowest BCUT2D eigenvalue weighted by Crippen LogP contribution is -2.22. The van der Waals surface area contributed by atoms with Gasteiger partial charge in [-0.1, -0.05) is 25.4 Å². The lowest BCUT2D eigenvalue weighted by Gasteiger charge is -2.18. The van der Waals surface area contributed by atoms with E-state index in [0.29, 0.717) is 22.3 Å². The number of nitrogens with one attached hydrogen (secondary N) is 1. The van der Waals surface area contributed by atoms with E-state index in [-0.39, 0.29) is 6.04 Å². The molecule has 0 saturated heterocycles. The molecule has 0 bridgehead atoms. The Balaban J connectivity index is 2.92. The van der Waals surface area contributed by atoms with Gasteiger partial charge in [0.25, 0.3) is 0 Å². The standard InChI is InChI=1S/C11H14ClN3/c1-7(2)8(3)15-11-10(12)9(6-13)4-5-14-11/h4-5,7-8H,1-3H3,(H,14,15). The van der Waals surface area contributed by atoms with Gasteiger partial charge in [0, 0.05) is 12.2 Å². The minimum absolute atomic E-state index is 0.268. The predicted octanol–water partition coefficient (Wildman–Crippen LogP) is 3.06. The summed E-state index contributed by atoms with van der Waals surface area (Å²) < 4.78 is 0. The number of hydrogen-bond donors (Lipinski definition) is 1. The first-order valence-corrected chi connectivity index (χ1v) is 5.25. The van der Waals surface area contributed by atoms with Crippen molar-refractivity contribution in [2.45, 2.75) is 26.8 Å². The quantitative estimate of drug-likeness (QED) is 0.857. The summed E-state index contributed by atoms with van der Waals surface area (Å²) in [5.74, 6) is 1.06. The van der Waals surface area contributed by atoms with Crippen LogP contribution in [0.1, 0.15) is 26.3 Å². The molecule has 1 unspecified atom stereocenters. The molecule has 0 aliphatic carbocycles. The number of nitriles is 1. The Morgan fingerprint density at radius 1 is 1.47 bits per heavy atom. The van der Waals surface area contributed by atoms with E-state index < -0.39 is 0 Å². The van der Waals surface area contributed by atoms with Crippen molar-refractivity contribution in [3.8, 4) is 6.07 Å². The van der Waals surface area contributed by atoms with Gasteiger partial charge in [-0.3, -0.25) is 0 Å². The summed E-state index contributed by atoms with van der Waals surface area (Å²) >= 11 is 6.01. The van der Waals surface area contributed by atoms with Crippen LogP contribution in [-0.4, -0.2) is 11.0 Å². The summed E-state index contributed by atoms with van der Waals surface area (Å²) in [6, 6.07) is 3.90. The van der Waals surface area contributed by atoms with E-state index in [2.05, 4.69) is 31.1 Å². The Labute approximate surface area is 95.1 Å². The van der Waals surface area contributed by atoms with Crippen molar-refractivity contribution in [2.24, 2.45) is 5.92 Å². The molecule has 0 radical (unpaired) electrons. The van der Waals surface area contributed by atoms with Gasteiger partial charge >= 0.3 is 0 Å². The van der Waals surface area contributed by atoms with Crippen LogP contribution in [0.2, 0.25) is 5.02 Å². The third-order valence-electron chi connectivity index (χ3n) is 2.37. The molecule has 0 aliphatic heterocycles. The smallest absolute Gasteiger partial charge is 0.146 e. The van der Waals surface area contributed by atoms with Gasteiger partial charge in [0.2, 0.25) is 0 Å². The third-order valence-corrected chi connectivity index (χ3v) is 2.76. The van der Waals surface area contributed by atoms with E-state index >= 15 is 0 Å². The second-order valence-electron chi connectivity index (χ2n) is 3.81. The molecule has 0 spiro atoms. The summed E-state index contributed by atoms with van der Waals surface area (Å²) in [5, 5.41) is 12.4. The number of nitrogens with zero attached hydrogens (tertiary/aromatic N) is 2. The van der Waals surface area contributed by atoms with Gasteiger partial charge in [-0.15, -0.1) is 0 Å². The van der Waals surface area contributed by atoms with Crippen molar-refractivity contribution in [1.82, 2.24) is 4.98 Å². The molecule has 0 aromatic carbocycles. The number of anilines is 1. The van der Waals surface area contributed by atoms with E-state index in [1.54, 1.807) is 12.3 Å². The van der Waals surface area contributed by atoms with Crippen LogP contribution in [0.4, 0.5) is 5.82 Å². The molecule has 3 nitrogen and oxygen atoms in total. The van der Waals surface area contributed by atoms with Gasteiger partial charge in [-0.05, 0) is 18.9 Å². The van der Waals surface area contributed by atoms with Crippen LogP contribution in [0.15, 0.2) is 12.3 Å². The predicted molar refractivity (Wildman–Crippen MR) is 61.9 cm³/mol. The molecule has 1 aromatic rings. The molecule has 0 aliphatic rings. The van der Waals surface area contributed by atoms with Crippen molar-refractivity contribution in [3.05, 3.63) is 22.8 Å². The normalized spacial score (nSPS) is 12.3. The molecule has 0 amide bonds. The van der Waals surface area contributed by atoms with Gasteiger partial charge < -0.3 is 5.32 Å².